The van der Waals surface area contributed by atoms with Crippen molar-refractivity contribution in [2.24, 2.45) is 0 Å². The average molecular weight is 418 g/mol. The smallest absolute Gasteiger partial charge is 0.275 e. The van der Waals surface area contributed by atoms with Gasteiger partial charge in [0.25, 0.3) is 11.8 Å². The van der Waals surface area contributed by atoms with Crippen molar-refractivity contribution in [1.29, 1.82) is 0 Å². The zero-order valence-corrected chi connectivity index (χ0v) is 16.8. The number of amides is 2. The number of para-hydroxylation sites is 1. The van der Waals surface area contributed by atoms with E-state index in [1.165, 1.54) is 42.0 Å². The Morgan fingerprint density at radius 2 is 1.84 bits per heavy atom. The molecule has 0 atom stereocenters. The molecule has 3 heterocycles. The zero-order valence-electron chi connectivity index (χ0n) is 16.8. The highest BCUT2D eigenvalue weighted by Gasteiger charge is 2.17. The van der Waals surface area contributed by atoms with Crippen LogP contribution in [0.3, 0.4) is 0 Å². The molecule has 4 rings (SSSR count). The minimum atomic E-state index is -0.563. The van der Waals surface area contributed by atoms with Gasteiger partial charge in [0.2, 0.25) is 0 Å². The van der Waals surface area contributed by atoms with Crippen LogP contribution >= 0.6 is 0 Å². The van der Waals surface area contributed by atoms with Crippen LogP contribution in [-0.2, 0) is 0 Å². The number of hydrogen-bond acceptors (Lipinski definition) is 5. The first-order chi connectivity index (χ1) is 15.0. The molecule has 31 heavy (non-hydrogen) atoms. The first-order valence-electron chi connectivity index (χ1n) is 9.46. The zero-order chi connectivity index (χ0) is 22.0. The number of carbonyl (C=O) groups is 2. The van der Waals surface area contributed by atoms with Gasteiger partial charge in [-0.2, -0.15) is 4.39 Å². The fourth-order valence-electron chi connectivity index (χ4n) is 3.04. The lowest BCUT2D eigenvalue weighted by Crippen LogP contribution is -2.20. The Balaban J connectivity index is 1.70. The number of fused-ring (bicyclic) bond motifs is 1. The second kappa shape index (κ2) is 8.23. The maximum Gasteiger partial charge on any atom is 0.275 e. The number of anilines is 3. The summed E-state index contributed by atoms with van der Waals surface area (Å²) in [6.07, 6.45) is 2.72. The first kappa shape index (κ1) is 20.0. The summed E-state index contributed by atoms with van der Waals surface area (Å²) in [6.45, 7) is 1.94. The van der Waals surface area contributed by atoms with Crippen LogP contribution in [0.25, 0.3) is 5.65 Å². The van der Waals surface area contributed by atoms with Crippen LogP contribution in [0.15, 0.2) is 60.9 Å². The summed E-state index contributed by atoms with van der Waals surface area (Å²) >= 11 is 0. The molecule has 0 aliphatic rings. The van der Waals surface area contributed by atoms with Crippen LogP contribution in [0.4, 0.5) is 21.6 Å². The minimum Gasteiger partial charge on any atom is -0.355 e. The van der Waals surface area contributed by atoms with E-state index < -0.39 is 11.9 Å². The SMILES string of the molecule is CNC(=O)c1cnc(Nc2ccccc2C)c(NC(=O)c2cn3c(F)cccc3n2)c1. The molecule has 0 bridgehead atoms. The van der Waals surface area contributed by atoms with Gasteiger partial charge in [0.15, 0.2) is 11.8 Å². The molecule has 0 fully saturated rings. The molecule has 0 saturated carbocycles. The predicted molar refractivity (Wildman–Crippen MR) is 115 cm³/mol. The maximum atomic E-state index is 13.9. The Bertz CT molecular complexity index is 1300. The predicted octanol–water partition coefficient (Wildman–Crippen LogP) is 3.53. The fourth-order valence-corrected chi connectivity index (χ4v) is 3.04. The summed E-state index contributed by atoms with van der Waals surface area (Å²) in [5.41, 5.74) is 2.67. The lowest BCUT2D eigenvalue weighted by Gasteiger charge is -2.14. The largest absolute Gasteiger partial charge is 0.355 e. The Morgan fingerprint density at radius 3 is 2.58 bits per heavy atom. The number of pyridine rings is 2. The maximum absolute atomic E-state index is 13.9. The second-order valence-corrected chi connectivity index (χ2v) is 6.80. The molecular weight excluding hydrogens is 399 g/mol. The molecule has 156 valence electrons. The van der Waals surface area contributed by atoms with Crippen LogP contribution < -0.4 is 16.0 Å². The monoisotopic (exact) mass is 418 g/mol. The van der Waals surface area contributed by atoms with Crippen molar-refractivity contribution in [3.05, 3.63) is 83.7 Å². The number of nitrogens with one attached hydrogen (secondary N) is 3. The van der Waals surface area contributed by atoms with Crippen molar-refractivity contribution >= 4 is 34.7 Å². The van der Waals surface area contributed by atoms with Gasteiger partial charge < -0.3 is 16.0 Å². The summed E-state index contributed by atoms with van der Waals surface area (Å²) < 4.78 is 15.1. The van der Waals surface area contributed by atoms with E-state index >= 15 is 0 Å². The summed E-state index contributed by atoms with van der Waals surface area (Å²) in [6, 6.07) is 13.5. The molecule has 9 heteroatoms. The van der Waals surface area contributed by atoms with E-state index in [2.05, 4.69) is 25.9 Å². The van der Waals surface area contributed by atoms with Crippen molar-refractivity contribution in [1.82, 2.24) is 19.7 Å². The van der Waals surface area contributed by atoms with Crippen molar-refractivity contribution < 1.29 is 14.0 Å². The van der Waals surface area contributed by atoms with Crippen LogP contribution in [0.5, 0.6) is 0 Å². The van der Waals surface area contributed by atoms with Crippen LogP contribution in [0.2, 0.25) is 0 Å². The summed E-state index contributed by atoms with van der Waals surface area (Å²) in [7, 11) is 1.51. The standard InChI is InChI=1S/C22H19FN6O2/c1-13-6-3-4-7-15(13)27-20-16(10-14(11-25-20)21(30)24-2)28-22(31)17-12-29-18(23)8-5-9-19(29)26-17/h3-12H,1-2H3,(H,24,30)(H,25,27)(H,28,31). The average Bonchev–Trinajstić information content (AvgIpc) is 3.22. The van der Waals surface area contributed by atoms with Gasteiger partial charge in [-0.15, -0.1) is 0 Å². The Kier molecular flexibility index (Phi) is 5.31. The van der Waals surface area contributed by atoms with Gasteiger partial charge in [0.1, 0.15) is 11.3 Å². The van der Waals surface area contributed by atoms with E-state index in [4.69, 9.17) is 0 Å². The highest BCUT2D eigenvalue weighted by atomic mass is 19.1. The van der Waals surface area contributed by atoms with E-state index in [9.17, 15) is 14.0 Å². The Morgan fingerprint density at radius 1 is 1.03 bits per heavy atom. The lowest BCUT2D eigenvalue weighted by atomic mass is 10.2. The lowest BCUT2D eigenvalue weighted by molar-refractivity contribution is 0.0961. The van der Waals surface area contributed by atoms with Gasteiger partial charge in [-0.25, -0.2) is 9.97 Å². The third-order valence-electron chi connectivity index (χ3n) is 4.70. The van der Waals surface area contributed by atoms with Gasteiger partial charge in [-0.3, -0.25) is 14.0 Å². The van der Waals surface area contributed by atoms with Crippen molar-refractivity contribution in [3.63, 3.8) is 0 Å². The summed E-state index contributed by atoms with van der Waals surface area (Å²) in [4.78, 5) is 33.4. The molecular formula is C22H19FN6O2. The number of aromatic nitrogens is 3. The molecule has 4 aromatic rings. The van der Waals surface area contributed by atoms with Crippen molar-refractivity contribution in [2.75, 3.05) is 17.7 Å². The van der Waals surface area contributed by atoms with Gasteiger partial charge >= 0.3 is 0 Å². The van der Waals surface area contributed by atoms with Gasteiger partial charge in [0.05, 0.1) is 11.3 Å². The molecule has 3 aromatic heterocycles. The topological polar surface area (TPSA) is 100 Å². The van der Waals surface area contributed by atoms with Gasteiger partial charge in [-0.1, -0.05) is 24.3 Å². The van der Waals surface area contributed by atoms with Gasteiger partial charge in [0, 0.05) is 25.1 Å². The van der Waals surface area contributed by atoms with Crippen molar-refractivity contribution in [3.8, 4) is 0 Å². The van der Waals surface area contributed by atoms with E-state index in [1.807, 2.05) is 31.2 Å². The van der Waals surface area contributed by atoms with E-state index in [1.54, 1.807) is 6.07 Å². The fraction of sp³-hybridized carbons (Fsp3) is 0.0909. The molecule has 0 aliphatic carbocycles. The highest BCUT2D eigenvalue weighted by Crippen LogP contribution is 2.26. The molecule has 0 spiro atoms. The molecule has 0 aliphatic heterocycles. The molecule has 2 amide bonds. The quantitative estimate of drug-likeness (QED) is 0.431. The highest BCUT2D eigenvalue weighted by molar-refractivity contribution is 6.06. The summed E-state index contributed by atoms with van der Waals surface area (Å²) in [5, 5.41) is 8.42. The molecule has 0 saturated heterocycles. The Labute approximate surface area is 177 Å². The van der Waals surface area contributed by atoms with E-state index in [0.29, 0.717) is 11.5 Å². The molecule has 0 unspecified atom stereocenters. The van der Waals surface area contributed by atoms with E-state index in [0.717, 1.165) is 11.3 Å². The molecule has 0 radical (unpaired) electrons. The van der Waals surface area contributed by atoms with Crippen LogP contribution in [-0.4, -0.2) is 33.2 Å². The minimum absolute atomic E-state index is 0.0253. The Hall–Kier alpha value is -4.27. The second-order valence-electron chi connectivity index (χ2n) is 6.80. The number of aryl methyl sites for hydroxylation is 1. The van der Waals surface area contributed by atoms with E-state index in [-0.39, 0.29) is 22.9 Å². The number of carbonyl (C=O) groups excluding carboxylic acids is 2. The number of halogens is 1. The normalized spacial score (nSPS) is 10.7. The van der Waals surface area contributed by atoms with Gasteiger partial charge in [-0.05, 0) is 36.8 Å². The van der Waals surface area contributed by atoms with Crippen LogP contribution in [0, 0.1) is 12.9 Å². The van der Waals surface area contributed by atoms with Crippen LogP contribution in [0.1, 0.15) is 26.4 Å². The first-order valence-corrected chi connectivity index (χ1v) is 9.46. The molecule has 1 aromatic carbocycles. The number of benzene rings is 1. The number of nitrogens with zero attached hydrogens (tertiary/aromatic N) is 3. The summed E-state index contributed by atoms with van der Waals surface area (Å²) in [5.74, 6) is -1.09. The molecule has 3 N–H and O–H groups in total. The molecule has 8 nitrogen and oxygen atoms in total. The number of imidazole rings is 1. The number of hydrogen-bond donors (Lipinski definition) is 3. The van der Waals surface area contributed by atoms with Crippen molar-refractivity contribution in [2.45, 2.75) is 6.92 Å². The number of rotatable bonds is 5. The third-order valence-corrected chi connectivity index (χ3v) is 4.70. The third kappa shape index (κ3) is 4.06.